The van der Waals surface area contributed by atoms with Gasteiger partial charge in [0, 0.05) is 25.0 Å². The first-order valence-electron chi connectivity index (χ1n) is 4.72. The van der Waals surface area contributed by atoms with Crippen LogP contribution in [0.1, 0.15) is 31.0 Å². The molecular formula is C10H17ClN2. The summed E-state index contributed by atoms with van der Waals surface area (Å²) in [6, 6.07) is 4.92. The van der Waals surface area contributed by atoms with Gasteiger partial charge in [0.1, 0.15) is 0 Å². The first kappa shape index (κ1) is 10.6. The Morgan fingerprint density at radius 3 is 2.85 bits per heavy atom. The van der Waals surface area contributed by atoms with Gasteiger partial charge in [0.2, 0.25) is 0 Å². The van der Waals surface area contributed by atoms with Gasteiger partial charge in [-0.3, -0.25) is 0 Å². The zero-order valence-electron chi connectivity index (χ0n) is 7.99. The first-order chi connectivity index (χ1) is 5.88. The quantitative estimate of drug-likeness (QED) is 0.736. The average molecular weight is 201 g/mol. The van der Waals surface area contributed by atoms with Gasteiger partial charge in [-0.2, -0.15) is 0 Å². The van der Waals surface area contributed by atoms with Crippen molar-refractivity contribution in [3.63, 3.8) is 0 Å². The van der Waals surface area contributed by atoms with E-state index in [1.54, 1.807) is 0 Å². The van der Waals surface area contributed by atoms with Crippen LogP contribution in [0, 0.1) is 0 Å². The minimum absolute atomic E-state index is 0. The van der Waals surface area contributed by atoms with Gasteiger partial charge in [0.15, 0.2) is 0 Å². The van der Waals surface area contributed by atoms with E-state index in [1.165, 1.54) is 31.5 Å². The summed E-state index contributed by atoms with van der Waals surface area (Å²) in [4.78, 5) is 0. The van der Waals surface area contributed by atoms with E-state index in [0.717, 1.165) is 0 Å². The summed E-state index contributed by atoms with van der Waals surface area (Å²) in [5.41, 5.74) is 1.43. The van der Waals surface area contributed by atoms with Gasteiger partial charge in [-0.05, 0) is 31.5 Å². The molecule has 3 heteroatoms. The zero-order chi connectivity index (χ0) is 8.39. The van der Waals surface area contributed by atoms with E-state index in [0.29, 0.717) is 6.04 Å². The number of halogens is 1. The predicted octanol–water partition coefficient (Wildman–Crippen LogP) is 2.26. The largest absolute Gasteiger partial charge is 0.353 e. The molecule has 1 aromatic heterocycles. The van der Waals surface area contributed by atoms with Crippen molar-refractivity contribution < 1.29 is 0 Å². The van der Waals surface area contributed by atoms with Crippen LogP contribution in [0.5, 0.6) is 0 Å². The molecule has 0 aliphatic carbocycles. The van der Waals surface area contributed by atoms with Crippen molar-refractivity contribution in [3.05, 3.63) is 24.0 Å². The molecule has 1 atom stereocenters. The molecule has 2 rings (SSSR count). The third-order valence-electron chi connectivity index (χ3n) is 2.65. The molecule has 74 valence electrons. The zero-order valence-corrected chi connectivity index (χ0v) is 8.81. The van der Waals surface area contributed by atoms with E-state index < -0.39 is 0 Å². The molecule has 0 unspecified atom stereocenters. The van der Waals surface area contributed by atoms with Crippen LogP contribution in [0.15, 0.2) is 18.3 Å². The number of nitrogens with zero attached hydrogens (tertiary/aromatic N) is 1. The summed E-state index contributed by atoms with van der Waals surface area (Å²) in [5, 5.41) is 3.54. The number of nitrogens with one attached hydrogen (secondary N) is 1. The average Bonchev–Trinajstić information content (AvgIpc) is 2.53. The molecular weight excluding hydrogens is 184 g/mol. The van der Waals surface area contributed by atoms with Crippen LogP contribution in [0.3, 0.4) is 0 Å². The van der Waals surface area contributed by atoms with Gasteiger partial charge in [-0.15, -0.1) is 12.4 Å². The Morgan fingerprint density at radius 1 is 1.46 bits per heavy atom. The molecule has 0 amide bonds. The van der Waals surface area contributed by atoms with Crippen molar-refractivity contribution >= 4 is 12.4 Å². The van der Waals surface area contributed by atoms with Gasteiger partial charge < -0.3 is 9.88 Å². The molecule has 2 nitrogen and oxygen atoms in total. The van der Waals surface area contributed by atoms with E-state index in [-0.39, 0.29) is 12.4 Å². The van der Waals surface area contributed by atoms with Crippen LogP contribution < -0.4 is 5.32 Å². The number of rotatable bonds is 1. The fourth-order valence-electron chi connectivity index (χ4n) is 1.94. The van der Waals surface area contributed by atoms with Crippen LogP contribution in [0.4, 0.5) is 0 Å². The van der Waals surface area contributed by atoms with Crippen LogP contribution in [0.2, 0.25) is 0 Å². The van der Waals surface area contributed by atoms with Crippen molar-refractivity contribution in [3.8, 4) is 0 Å². The normalized spacial score (nSPS) is 22.4. The molecule has 0 spiro atoms. The van der Waals surface area contributed by atoms with Crippen LogP contribution in [-0.2, 0) is 7.05 Å². The Bertz CT molecular complexity index is 251. The Labute approximate surface area is 85.7 Å². The van der Waals surface area contributed by atoms with Crippen LogP contribution in [0.25, 0.3) is 0 Å². The predicted molar refractivity (Wildman–Crippen MR) is 57.3 cm³/mol. The molecule has 0 aromatic carbocycles. The van der Waals surface area contributed by atoms with Gasteiger partial charge >= 0.3 is 0 Å². The lowest BCUT2D eigenvalue weighted by Gasteiger charge is -2.23. The summed E-state index contributed by atoms with van der Waals surface area (Å²) in [6.07, 6.45) is 6.10. The summed E-state index contributed by atoms with van der Waals surface area (Å²) in [5.74, 6) is 0. The highest BCUT2D eigenvalue weighted by Crippen LogP contribution is 2.22. The molecule has 1 aromatic rings. The smallest absolute Gasteiger partial charge is 0.0474 e. The summed E-state index contributed by atoms with van der Waals surface area (Å²) < 4.78 is 2.21. The maximum atomic E-state index is 3.54. The SMILES string of the molecule is Cl.Cn1cccc1[C@@H]1CCCCN1. The maximum absolute atomic E-state index is 3.54. The maximum Gasteiger partial charge on any atom is 0.0474 e. The lowest BCUT2D eigenvalue weighted by atomic mass is 10.0. The van der Waals surface area contributed by atoms with Crippen molar-refractivity contribution in [1.82, 2.24) is 9.88 Å². The van der Waals surface area contributed by atoms with Crippen molar-refractivity contribution in [1.29, 1.82) is 0 Å². The topological polar surface area (TPSA) is 17.0 Å². The summed E-state index contributed by atoms with van der Waals surface area (Å²) >= 11 is 0. The number of hydrogen-bond acceptors (Lipinski definition) is 1. The Hall–Kier alpha value is -0.470. The standard InChI is InChI=1S/C10H16N2.ClH/c1-12-8-4-6-10(12)9-5-2-3-7-11-9;/h4,6,8-9,11H,2-3,5,7H2,1H3;1H/t9-;/m0./s1. The molecule has 1 fully saturated rings. The van der Waals surface area contributed by atoms with E-state index in [9.17, 15) is 0 Å². The number of piperidine rings is 1. The Morgan fingerprint density at radius 2 is 2.31 bits per heavy atom. The minimum atomic E-state index is 0. The molecule has 0 bridgehead atoms. The third kappa shape index (κ3) is 2.26. The summed E-state index contributed by atoms with van der Waals surface area (Å²) in [6.45, 7) is 1.18. The van der Waals surface area contributed by atoms with Crippen molar-refractivity contribution in [2.75, 3.05) is 6.54 Å². The lowest BCUT2D eigenvalue weighted by Crippen LogP contribution is -2.28. The van der Waals surface area contributed by atoms with E-state index in [1.807, 2.05) is 0 Å². The fraction of sp³-hybridized carbons (Fsp3) is 0.600. The molecule has 1 saturated heterocycles. The first-order valence-corrected chi connectivity index (χ1v) is 4.72. The molecule has 1 aliphatic rings. The second-order valence-corrected chi connectivity index (χ2v) is 3.55. The highest BCUT2D eigenvalue weighted by molar-refractivity contribution is 5.85. The van der Waals surface area contributed by atoms with Crippen molar-refractivity contribution in [2.24, 2.45) is 7.05 Å². The highest BCUT2D eigenvalue weighted by Gasteiger charge is 2.15. The molecule has 1 N–H and O–H groups in total. The van der Waals surface area contributed by atoms with Gasteiger partial charge in [-0.1, -0.05) is 6.42 Å². The second-order valence-electron chi connectivity index (χ2n) is 3.55. The Balaban J connectivity index is 0.000000845. The van der Waals surface area contributed by atoms with Crippen molar-refractivity contribution in [2.45, 2.75) is 25.3 Å². The van der Waals surface area contributed by atoms with E-state index in [2.05, 4.69) is 35.3 Å². The highest BCUT2D eigenvalue weighted by atomic mass is 35.5. The van der Waals surface area contributed by atoms with Gasteiger partial charge in [0.25, 0.3) is 0 Å². The van der Waals surface area contributed by atoms with Crippen LogP contribution in [-0.4, -0.2) is 11.1 Å². The molecule has 0 radical (unpaired) electrons. The molecule has 2 heterocycles. The van der Waals surface area contributed by atoms with Crippen LogP contribution >= 0.6 is 12.4 Å². The lowest BCUT2D eigenvalue weighted by molar-refractivity contribution is 0.398. The minimum Gasteiger partial charge on any atom is -0.353 e. The van der Waals surface area contributed by atoms with E-state index in [4.69, 9.17) is 0 Å². The monoisotopic (exact) mass is 200 g/mol. The molecule has 13 heavy (non-hydrogen) atoms. The van der Waals surface area contributed by atoms with Gasteiger partial charge in [0.05, 0.1) is 0 Å². The number of aromatic nitrogens is 1. The summed E-state index contributed by atoms with van der Waals surface area (Å²) in [7, 11) is 2.12. The molecule has 0 saturated carbocycles. The second kappa shape index (κ2) is 4.68. The number of aryl methyl sites for hydroxylation is 1. The third-order valence-corrected chi connectivity index (χ3v) is 2.65. The van der Waals surface area contributed by atoms with Gasteiger partial charge in [-0.25, -0.2) is 0 Å². The Kier molecular flexibility index (Phi) is 3.82. The number of hydrogen-bond donors (Lipinski definition) is 1. The fourth-order valence-corrected chi connectivity index (χ4v) is 1.94. The molecule has 1 aliphatic heterocycles. The van der Waals surface area contributed by atoms with E-state index >= 15 is 0 Å².